The van der Waals surface area contributed by atoms with Crippen LogP contribution in [0.15, 0.2) is 51.4 Å². The van der Waals surface area contributed by atoms with Crippen LogP contribution in [-0.4, -0.2) is 5.91 Å². The molecule has 18 heavy (non-hydrogen) atoms. The highest BCUT2D eigenvalue weighted by Crippen LogP contribution is 2.33. The van der Waals surface area contributed by atoms with Gasteiger partial charge in [0.2, 0.25) is 0 Å². The van der Waals surface area contributed by atoms with Gasteiger partial charge in [-0.1, -0.05) is 18.2 Å². The molecular weight excluding hydrogens is 360 g/mol. The molecule has 1 amide bonds. The molecule has 3 N–H and O–H groups in total. The summed E-state index contributed by atoms with van der Waals surface area (Å²) < 4.78 is 1.47. The van der Waals surface area contributed by atoms with Gasteiger partial charge in [0.15, 0.2) is 0 Å². The number of hydrogen-bond acceptors (Lipinski definition) is 2. The van der Waals surface area contributed by atoms with Crippen LogP contribution in [0.1, 0.15) is 10.4 Å². The Kier molecular flexibility index (Phi) is 4.04. The van der Waals surface area contributed by atoms with E-state index in [0.717, 1.165) is 8.95 Å². The van der Waals surface area contributed by atoms with Gasteiger partial charge in [-0.2, -0.15) is 0 Å². The summed E-state index contributed by atoms with van der Waals surface area (Å²) in [6.45, 7) is 0. The number of nitrogen functional groups attached to an aromatic ring is 1. The fourth-order valence-corrected chi connectivity index (χ4v) is 2.91. The van der Waals surface area contributed by atoms with E-state index in [1.54, 1.807) is 24.3 Å². The molecule has 0 radical (unpaired) electrons. The molecule has 92 valence electrons. The molecule has 0 aliphatic heterocycles. The zero-order valence-electron chi connectivity index (χ0n) is 9.28. The first kappa shape index (κ1) is 13.1. The molecule has 0 spiro atoms. The van der Waals surface area contributed by atoms with Crippen LogP contribution >= 0.6 is 31.9 Å². The molecule has 2 aromatic carbocycles. The SMILES string of the molecule is Nc1cc(Br)c(NC(=O)c2ccccc2)c(Br)c1. The average molecular weight is 370 g/mol. The number of nitrogens with one attached hydrogen (secondary N) is 1. The maximum Gasteiger partial charge on any atom is 0.255 e. The normalized spacial score (nSPS) is 10.1. The van der Waals surface area contributed by atoms with E-state index in [0.29, 0.717) is 16.9 Å². The fourth-order valence-electron chi connectivity index (χ4n) is 1.49. The maximum atomic E-state index is 12.0. The van der Waals surface area contributed by atoms with E-state index in [1.807, 2.05) is 18.2 Å². The second-order valence-corrected chi connectivity index (χ2v) is 5.39. The monoisotopic (exact) mass is 368 g/mol. The predicted octanol–water partition coefficient (Wildman–Crippen LogP) is 4.05. The third kappa shape index (κ3) is 2.91. The predicted molar refractivity (Wildman–Crippen MR) is 80.6 cm³/mol. The summed E-state index contributed by atoms with van der Waals surface area (Å²) in [6.07, 6.45) is 0. The van der Waals surface area contributed by atoms with Crippen molar-refractivity contribution in [3.8, 4) is 0 Å². The molecule has 0 fully saturated rings. The minimum atomic E-state index is -0.165. The van der Waals surface area contributed by atoms with Crippen LogP contribution in [0.4, 0.5) is 11.4 Å². The van der Waals surface area contributed by atoms with Crippen molar-refractivity contribution >= 4 is 49.1 Å². The van der Waals surface area contributed by atoms with Crippen molar-refractivity contribution in [2.24, 2.45) is 0 Å². The molecule has 0 unspecified atom stereocenters. The lowest BCUT2D eigenvalue weighted by Crippen LogP contribution is -2.12. The topological polar surface area (TPSA) is 55.1 Å². The molecule has 0 aliphatic rings. The van der Waals surface area contributed by atoms with Crippen LogP contribution in [0.3, 0.4) is 0 Å². The first-order chi connectivity index (χ1) is 8.58. The minimum absolute atomic E-state index is 0.165. The van der Waals surface area contributed by atoms with Crippen LogP contribution in [0.25, 0.3) is 0 Å². The Balaban J connectivity index is 2.28. The van der Waals surface area contributed by atoms with Gasteiger partial charge in [0.1, 0.15) is 0 Å². The lowest BCUT2D eigenvalue weighted by Gasteiger charge is -2.10. The van der Waals surface area contributed by atoms with Gasteiger partial charge in [-0.05, 0) is 56.1 Å². The fraction of sp³-hybridized carbons (Fsp3) is 0. The molecule has 5 heteroatoms. The van der Waals surface area contributed by atoms with Gasteiger partial charge in [0, 0.05) is 20.2 Å². The zero-order valence-corrected chi connectivity index (χ0v) is 12.5. The third-order valence-electron chi connectivity index (χ3n) is 2.34. The van der Waals surface area contributed by atoms with Gasteiger partial charge in [-0.25, -0.2) is 0 Å². The number of rotatable bonds is 2. The smallest absolute Gasteiger partial charge is 0.255 e. The molecule has 0 atom stereocenters. The second kappa shape index (κ2) is 5.54. The summed E-state index contributed by atoms with van der Waals surface area (Å²) in [5, 5.41) is 2.83. The molecule has 0 aromatic heterocycles. The third-order valence-corrected chi connectivity index (χ3v) is 3.59. The summed E-state index contributed by atoms with van der Waals surface area (Å²) in [5.41, 5.74) is 7.58. The number of benzene rings is 2. The van der Waals surface area contributed by atoms with E-state index in [-0.39, 0.29) is 5.91 Å². The molecule has 0 bridgehead atoms. The van der Waals surface area contributed by atoms with Crippen molar-refractivity contribution in [3.63, 3.8) is 0 Å². The summed E-state index contributed by atoms with van der Waals surface area (Å²) in [7, 11) is 0. The number of carbonyl (C=O) groups excluding carboxylic acids is 1. The zero-order chi connectivity index (χ0) is 13.1. The molecule has 2 aromatic rings. The number of anilines is 2. The van der Waals surface area contributed by atoms with Crippen LogP contribution in [0.5, 0.6) is 0 Å². The van der Waals surface area contributed by atoms with Gasteiger partial charge in [-0.15, -0.1) is 0 Å². The Hall–Kier alpha value is -1.33. The highest BCUT2D eigenvalue weighted by molar-refractivity contribution is 9.11. The lowest BCUT2D eigenvalue weighted by atomic mass is 10.2. The number of carbonyl (C=O) groups is 1. The van der Waals surface area contributed by atoms with E-state index < -0.39 is 0 Å². The quantitative estimate of drug-likeness (QED) is 0.784. The largest absolute Gasteiger partial charge is 0.399 e. The minimum Gasteiger partial charge on any atom is -0.399 e. The summed E-state index contributed by atoms with van der Waals surface area (Å²) >= 11 is 6.75. The summed E-state index contributed by atoms with van der Waals surface area (Å²) in [4.78, 5) is 12.0. The molecule has 0 heterocycles. The van der Waals surface area contributed by atoms with Gasteiger partial charge < -0.3 is 11.1 Å². The van der Waals surface area contributed by atoms with Crippen molar-refractivity contribution in [1.82, 2.24) is 0 Å². The van der Waals surface area contributed by atoms with Gasteiger partial charge in [-0.3, -0.25) is 4.79 Å². The number of halogens is 2. The number of nitrogens with two attached hydrogens (primary N) is 1. The molecule has 2 rings (SSSR count). The second-order valence-electron chi connectivity index (χ2n) is 3.68. The lowest BCUT2D eigenvalue weighted by molar-refractivity contribution is 0.102. The molecular formula is C13H10Br2N2O. The van der Waals surface area contributed by atoms with E-state index in [9.17, 15) is 4.79 Å². The summed E-state index contributed by atoms with van der Waals surface area (Å²) in [6, 6.07) is 12.5. The standard InChI is InChI=1S/C13H10Br2N2O/c14-10-6-9(16)7-11(15)12(10)17-13(18)8-4-2-1-3-5-8/h1-7H,16H2,(H,17,18). The van der Waals surface area contributed by atoms with Crippen molar-refractivity contribution < 1.29 is 4.79 Å². The maximum absolute atomic E-state index is 12.0. The number of amides is 1. The van der Waals surface area contributed by atoms with Crippen LogP contribution in [0, 0.1) is 0 Å². The van der Waals surface area contributed by atoms with Gasteiger partial charge in [0.25, 0.3) is 5.91 Å². The van der Waals surface area contributed by atoms with E-state index in [2.05, 4.69) is 37.2 Å². The van der Waals surface area contributed by atoms with Crippen LogP contribution in [-0.2, 0) is 0 Å². The summed E-state index contributed by atoms with van der Waals surface area (Å²) in [5.74, 6) is -0.165. The highest BCUT2D eigenvalue weighted by Gasteiger charge is 2.11. The Labute approximate surface area is 122 Å². The van der Waals surface area contributed by atoms with Gasteiger partial charge >= 0.3 is 0 Å². The van der Waals surface area contributed by atoms with Crippen molar-refractivity contribution in [1.29, 1.82) is 0 Å². The van der Waals surface area contributed by atoms with Crippen LogP contribution < -0.4 is 11.1 Å². The van der Waals surface area contributed by atoms with Crippen molar-refractivity contribution in [2.45, 2.75) is 0 Å². The Morgan fingerprint density at radius 2 is 1.61 bits per heavy atom. The molecule has 0 aliphatic carbocycles. The highest BCUT2D eigenvalue weighted by atomic mass is 79.9. The molecule has 3 nitrogen and oxygen atoms in total. The Morgan fingerprint density at radius 1 is 1.06 bits per heavy atom. The van der Waals surface area contributed by atoms with Crippen molar-refractivity contribution in [2.75, 3.05) is 11.1 Å². The van der Waals surface area contributed by atoms with Crippen LogP contribution in [0.2, 0.25) is 0 Å². The first-order valence-electron chi connectivity index (χ1n) is 5.19. The number of hydrogen-bond donors (Lipinski definition) is 2. The molecule has 0 saturated carbocycles. The first-order valence-corrected chi connectivity index (χ1v) is 6.77. The van der Waals surface area contributed by atoms with E-state index in [1.165, 1.54) is 0 Å². The Bertz CT molecular complexity index is 562. The molecule has 0 saturated heterocycles. The van der Waals surface area contributed by atoms with E-state index >= 15 is 0 Å². The van der Waals surface area contributed by atoms with Crippen molar-refractivity contribution in [3.05, 3.63) is 57.0 Å². The van der Waals surface area contributed by atoms with E-state index in [4.69, 9.17) is 5.73 Å². The average Bonchev–Trinajstić information content (AvgIpc) is 2.34. The van der Waals surface area contributed by atoms with Gasteiger partial charge in [0.05, 0.1) is 5.69 Å². The Morgan fingerprint density at radius 3 is 2.17 bits per heavy atom.